The fourth-order valence-electron chi connectivity index (χ4n) is 2.46. The number of aliphatic hydroxyl groups is 4. The Morgan fingerprint density at radius 1 is 0.842 bits per heavy atom. The molecule has 0 aromatic heterocycles. The van der Waals surface area contributed by atoms with Gasteiger partial charge in [-0.05, 0) is 13.8 Å². The molecule has 0 aromatic rings. The molecule has 0 unspecified atom stereocenters. The summed E-state index contributed by atoms with van der Waals surface area (Å²) in [5.41, 5.74) is 0. The summed E-state index contributed by atoms with van der Waals surface area (Å²) in [5, 5.41) is 38.6. The molecule has 112 valence electrons. The van der Waals surface area contributed by atoms with Crippen molar-refractivity contribution in [2.45, 2.75) is 75.9 Å². The van der Waals surface area contributed by atoms with Crippen molar-refractivity contribution in [1.82, 2.24) is 0 Å². The monoisotopic (exact) mass is 278 g/mol. The fourth-order valence-corrected chi connectivity index (χ4v) is 2.46. The van der Waals surface area contributed by atoms with Crippen molar-refractivity contribution >= 4 is 0 Å². The minimum absolute atomic E-state index is 0.0516. The van der Waals surface area contributed by atoms with Crippen molar-refractivity contribution in [2.24, 2.45) is 0 Å². The molecule has 19 heavy (non-hydrogen) atoms. The molecule has 0 bridgehead atoms. The molecule has 2 rings (SSSR count). The maximum Gasteiger partial charge on any atom is 0.184 e. The predicted molar refractivity (Wildman–Crippen MR) is 63.0 cm³/mol. The van der Waals surface area contributed by atoms with E-state index < -0.39 is 49.2 Å². The van der Waals surface area contributed by atoms with Gasteiger partial charge in [-0.25, -0.2) is 0 Å². The van der Waals surface area contributed by atoms with Crippen LogP contribution in [0.15, 0.2) is 0 Å². The molecule has 0 saturated carbocycles. The highest BCUT2D eigenvalue weighted by atomic mass is 16.7. The van der Waals surface area contributed by atoms with Crippen LogP contribution in [0.5, 0.6) is 0 Å². The summed E-state index contributed by atoms with van der Waals surface area (Å²) in [4.78, 5) is 0. The van der Waals surface area contributed by atoms with Gasteiger partial charge in [-0.15, -0.1) is 0 Å². The summed E-state index contributed by atoms with van der Waals surface area (Å²) >= 11 is 0. The van der Waals surface area contributed by atoms with Crippen molar-refractivity contribution in [3.05, 3.63) is 0 Å². The lowest BCUT2D eigenvalue weighted by Gasteiger charge is -2.41. The average Bonchev–Trinajstić information content (AvgIpc) is 2.29. The third-order valence-corrected chi connectivity index (χ3v) is 3.64. The summed E-state index contributed by atoms with van der Waals surface area (Å²) in [6.07, 6.45) is -5.96. The standard InChI is InChI=1S/C12H22O7/c1-5-7(13)3-9(15)12(18-5)19-11-6(2)17-10(16)4-8(11)14/h5-16H,3-4H2,1-2H3/t5-,6-,7+,8-,9+,10+,11-,12+/m1/s1. The fraction of sp³-hybridized carbons (Fsp3) is 1.00. The molecule has 4 N–H and O–H groups in total. The number of ether oxygens (including phenoxy) is 3. The molecule has 0 radical (unpaired) electrons. The summed E-state index contributed by atoms with van der Waals surface area (Å²) in [6.45, 7) is 3.36. The quantitative estimate of drug-likeness (QED) is 0.498. The van der Waals surface area contributed by atoms with Gasteiger partial charge in [0.05, 0.1) is 24.4 Å². The first-order valence-corrected chi connectivity index (χ1v) is 6.57. The first kappa shape index (κ1) is 15.1. The Bertz CT molecular complexity index is 288. The Morgan fingerprint density at radius 2 is 1.53 bits per heavy atom. The first-order valence-electron chi connectivity index (χ1n) is 6.57. The molecule has 7 heteroatoms. The molecule has 2 fully saturated rings. The second kappa shape index (κ2) is 6.01. The molecule has 0 aromatic carbocycles. The molecule has 8 atom stereocenters. The molecule has 7 nitrogen and oxygen atoms in total. The number of hydrogen-bond acceptors (Lipinski definition) is 7. The average molecular weight is 278 g/mol. The molecule has 0 amide bonds. The normalized spacial score (nSPS) is 52.1. The van der Waals surface area contributed by atoms with Crippen LogP contribution in [0.2, 0.25) is 0 Å². The Kier molecular flexibility index (Phi) is 4.78. The SMILES string of the molecule is C[C@H]1O[C@H](O)C[C@@H](O)[C@@H]1O[C@@H]1O[C@H](C)[C@@H](O)C[C@@H]1O. The van der Waals surface area contributed by atoms with E-state index in [0.717, 1.165) is 0 Å². The zero-order valence-corrected chi connectivity index (χ0v) is 11.0. The van der Waals surface area contributed by atoms with E-state index >= 15 is 0 Å². The van der Waals surface area contributed by atoms with Gasteiger partial charge in [-0.1, -0.05) is 0 Å². The highest BCUT2D eigenvalue weighted by molar-refractivity contribution is 4.85. The lowest BCUT2D eigenvalue weighted by atomic mass is 10.0. The van der Waals surface area contributed by atoms with Crippen LogP contribution in [0.1, 0.15) is 26.7 Å². The van der Waals surface area contributed by atoms with Gasteiger partial charge >= 0.3 is 0 Å². The first-order chi connectivity index (χ1) is 8.88. The largest absolute Gasteiger partial charge is 0.390 e. The molecule has 2 aliphatic heterocycles. The lowest BCUT2D eigenvalue weighted by Crippen LogP contribution is -2.54. The highest BCUT2D eigenvalue weighted by Crippen LogP contribution is 2.27. The minimum atomic E-state index is -1.01. The van der Waals surface area contributed by atoms with E-state index in [1.807, 2.05) is 0 Å². The van der Waals surface area contributed by atoms with Gasteiger partial charge in [-0.3, -0.25) is 0 Å². The van der Waals surface area contributed by atoms with Crippen LogP contribution in [-0.4, -0.2) is 69.6 Å². The van der Waals surface area contributed by atoms with Crippen molar-refractivity contribution in [2.75, 3.05) is 0 Å². The van der Waals surface area contributed by atoms with Crippen LogP contribution in [0.25, 0.3) is 0 Å². The van der Waals surface area contributed by atoms with E-state index in [9.17, 15) is 20.4 Å². The van der Waals surface area contributed by atoms with E-state index in [1.165, 1.54) is 0 Å². The van der Waals surface area contributed by atoms with Crippen LogP contribution in [0.4, 0.5) is 0 Å². The zero-order chi connectivity index (χ0) is 14.2. The van der Waals surface area contributed by atoms with Gasteiger partial charge in [-0.2, -0.15) is 0 Å². The lowest BCUT2D eigenvalue weighted by molar-refractivity contribution is -0.317. The van der Waals surface area contributed by atoms with Gasteiger partial charge in [0.25, 0.3) is 0 Å². The maximum absolute atomic E-state index is 9.89. The molecular formula is C12H22O7. The number of rotatable bonds is 2. The van der Waals surface area contributed by atoms with Gasteiger partial charge in [0.2, 0.25) is 0 Å². The van der Waals surface area contributed by atoms with Crippen molar-refractivity contribution in [1.29, 1.82) is 0 Å². The van der Waals surface area contributed by atoms with Crippen LogP contribution < -0.4 is 0 Å². The topological polar surface area (TPSA) is 109 Å². The molecule has 2 aliphatic rings. The van der Waals surface area contributed by atoms with Crippen molar-refractivity contribution < 1.29 is 34.6 Å². The van der Waals surface area contributed by atoms with Crippen LogP contribution in [0, 0.1) is 0 Å². The van der Waals surface area contributed by atoms with E-state index in [2.05, 4.69) is 0 Å². The van der Waals surface area contributed by atoms with Crippen LogP contribution in [-0.2, 0) is 14.2 Å². The van der Waals surface area contributed by atoms with Gasteiger partial charge < -0.3 is 34.6 Å². The van der Waals surface area contributed by atoms with Gasteiger partial charge in [0, 0.05) is 12.8 Å². The van der Waals surface area contributed by atoms with Crippen molar-refractivity contribution in [3.63, 3.8) is 0 Å². The molecule has 2 saturated heterocycles. The number of aliphatic hydroxyl groups excluding tert-OH is 4. The van der Waals surface area contributed by atoms with E-state index in [1.54, 1.807) is 13.8 Å². The Morgan fingerprint density at radius 3 is 2.16 bits per heavy atom. The second-order valence-electron chi connectivity index (χ2n) is 5.28. The Balaban J connectivity index is 1.96. The smallest absolute Gasteiger partial charge is 0.184 e. The molecule has 0 aliphatic carbocycles. The van der Waals surface area contributed by atoms with E-state index in [0.29, 0.717) is 0 Å². The summed E-state index contributed by atoms with van der Waals surface area (Å²) < 4.78 is 16.1. The van der Waals surface area contributed by atoms with Crippen molar-refractivity contribution in [3.8, 4) is 0 Å². The second-order valence-corrected chi connectivity index (χ2v) is 5.28. The summed E-state index contributed by atoms with van der Waals surface area (Å²) in [5.74, 6) is 0. The third kappa shape index (κ3) is 3.43. The van der Waals surface area contributed by atoms with Gasteiger partial charge in [0.15, 0.2) is 12.6 Å². The maximum atomic E-state index is 9.89. The van der Waals surface area contributed by atoms with Gasteiger partial charge in [0.1, 0.15) is 12.2 Å². The Hall–Kier alpha value is -0.280. The highest BCUT2D eigenvalue weighted by Gasteiger charge is 2.41. The molecule has 2 heterocycles. The summed E-state index contributed by atoms with van der Waals surface area (Å²) in [7, 11) is 0. The van der Waals surface area contributed by atoms with Crippen LogP contribution in [0.3, 0.4) is 0 Å². The number of hydrogen-bond donors (Lipinski definition) is 4. The molecule has 0 spiro atoms. The predicted octanol–water partition coefficient (Wildman–Crippen LogP) is -1.28. The third-order valence-electron chi connectivity index (χ3n) is 3.64. The Labute approximate surface area is 111 Å². The van der Waals surface area contributed by atoms with E-state index in [-0.39, 0.29) is 12.8 Å². The summed E-state index contributed by atoms with van der Waals surface area (Å²) in [6, 6.07) is 0. The zero-order valence-electron chi connectivity index (χ0n) is 11.0. The molecular weight excluding hydrogens is 256 g/mol. The minimum Gasteiger partial charge on any atom is -0.390 e. The van der Waals surface area contributed by atoms with Crippen LogP contribution >= 0.6 is 0 Å². The van der Waals surface area contributed by atoms with E-state index in [4.69, 9.17) is 14.2 Å².